The van der Waals surface area contributed by atoms with Gasteiger partial charge in [-0.05, 0) is 17.4 Å². The predicted molar refractivity (Wildman–Crippen MR) is 74.3 cm³/mol. The van der Waals surface area contributed by atoms with E-state index in [0.717, 1.165) is 16.3 Å². The van der Waals surface area contributed by atoms with E-state index in [-0.39, 0.29) is 0 Å². The molecule has 0 bridgehead atoms. The van der Waals surface area contributed by atoms with Crippen LogP contribution in [-0.4, -0.2) is 10.8 Å². The second kappa shape index (κ2) is 5.70. The van der Waals surface area contributed by atoms with E-state index in [4.69, 9.17) is 11.1 Å². The van der Waals surface area contributed by atoms with Crippen LogP contribution < -0.4 is 16.3 Å². The van der Waals surface area contributed by atoms with Crippen LogP contribution in [0.3, 0.4) is 0 Å². The van der Waals surface area contributed by atoms with Crippen LogP contribution >= 0.6 is 0 Å². The van der Waals surface area contributed by atoms with Gasteiger partial charge >= 0.3 is 0 Å². The first-order valence-electron chi connectivity index (χ1n) is 5.21. The van der Waals surface area contributed by atoms with Gasteiger partial charge in [-0.3, -0.25) is 0 Å². The van der Waals surface area contributed by atoms with Gasteiger partial charge in [-0.1, -0.05) is 31.4 Å². The lowest BCUT2D eigenvalue weighted by atomic mass is 10.2. The number of nitrogens with zero attached hydrogens (tertiary/aromatic N) is 1. The lowest BCUT2D eigenvalue weighted by molar-refractivity contribution is 0.860. The molecule has 0 amide bonds. The van der Waals surface area contributed by atoms with Gasteiger partial charge in [0.15, 0.2) is 0 Å². The van der Waals surface area contributed by atoms with E-state index in [1.54, 1.807) is 0 Å². The van der Waals surface area contributed by atoms with Gasteiger partial charge in [0.05, 0.1) is 5.69 Å². The van der Waals surface area contributed by atoms with Crippen molar-refractivity contribution in [2.75, 3.05) is 0 Å². The molecule has 1 aromatic heterocycles. The number of aromatic nitrogens is 1. The maximum absolute atomic E-state index is 7.36. The third kappa shape index (κ3) is 3.08. The number of hydrogen-bond donors (Lipinski definition) is 2. The first kappa shape index (κ1) is 12.8. The highest BCUT2D eigenvalue weighted by Crippen LogP contribution is 2.04. The summed E-state index contributed by atoms with van der Waals surface area (Å²) < 4.78 is 1.87. The molecule has 3 heteroatoms. The zero-order valence-corrected chi connectivity index (χ0v) is 9.98. The minimum Gasteiger partial charge on any atom is -0.404 e. The van der Waals surface area contributed by atoms with Gasteiger partial charge in [0, 0.05) is 30.4 Å². The highest BCUT2D eigenvalue weighted by Gasteiger charge is 1.98. The Bertz CT molecular complexity index is 593. The Morgan fingerprint density at radius 3 is 2.59 bits per heavy atom. The highest BCUT2D eigenvalue weighted by molar-refractivity contribution is 6.07. The maximum atomic E-state index is 7.36. The minimum absolute atomic E-state index is 0.624. The quantitative estimate of drug-likeness (QED) is 0.725. The van der Waals surface area contributed by atoms with Gasteiger partial charge in [0.1, 0.15) is 0 Å². The summed E-state index contributed by atoms with van der Waals surface area (Å²) in [4.78, 5) is 0. The lowest BCUT2D eigenvalue weighted by Gasteiger charge is -2.06. The second-order valence-electron chi connectivity index (χ2n) is 3.64. The van der Waals surface area contributed by atoms with E-state index in [1.807, 2.05) is 41.9 Å². The van der Waals surface area contributed by atoms with Gasteiger partial charge in [0.25, 0.3) is 0 Å². The first-order chi connectivity index (χ1) is 8.10. The number of hydrogen-bond acceptors (Lipinski definition) is 2. The summed E-state index contributed by atoms with van der Waals surface area (Å²) in [5.74, 6) is 0. The average molecular weight is 227 g/mol. The van der Waals surface area contributed by atoms with E-state index in [0.29, 0.717) is 5.57 Å². The molecule has 0 saturated heterocycles. The highest BCUT2D eigenvalue weighted by atomic mass is 14.9. The van der Waals surface area contributed by atoms with E-state index < -0.39 is 0 Å². The third-order valence-corrected chi connectivity index (χ3v) is 2.46. The van der Waals surface area contributed by atoms with Crippen LogP contribution in [0.2, 0.25) is 0 Å². The van der Waals surface area contributed by atoms with Crippen molar-refractivity contribution in [1.82, 2.24) is 4.57 Å². The van der Waals surface area contributed by atoms with Crippen molar-refractivity contribution in [3.63, 3.8) is 0 Å². The molecule has 3 nitrogen and oxygen atoms in total. The number of rotatable bonds is 2. The third-order valence-electron chi connectivity index (χ3n) is 2.46. The van der Waals surface area contributed by atoms with E-state index >= 15 is 0 Å². The molecule has 0 aromatic carbocycles. The Balaban J connectivity index is 3.83. The Morgan fingerprint density at radius 2 is 2.00 bits per heavy atom. The lowest BCUT2D eigenvalue weighted by Crippen LogP contribution is -2.17. The van der Waals surface area contributed by atoms with Crippen molar-refractivity contribution in [3.8, 4) is 0 Å². The van der Waals surface area contributed by atoms with Gasteiger partial charge in [0.2, 0.25) is 0 Å². The van der Waals surface area contributed by atoms with E-state index in [1.165, 1.54) is 12.4 Å². The number of nitrogens with one attached hydrogen (secondary N) is 1. The number of nitrogens with two attached hydrogens (primary N) is 1. The van der Waals surface area contributed by atoms with Crippen LogP contribution in [0.5, 0.6) is 0 Å². The molecular formula is C14H17N3. The molecule has 1 heterocycles. The van der Waals surface area contributed by atoms with Gasteiger partial charge < -0.3 is 15.7 Å². The fourth-order valence-corrected chi connectivity index (χ4v) is 1.42. The van der Waals surface area contributed by atoms with Crippen LogP contribution in [0.15, 0.2) is 36.5 Å². The monoisotopic (exact) mass is 227 g/mol. The van der Waals surface area contributed by atoms with Crippen LogP contribution in [0.25, 0.3) is 18.7 Å². The number of allylic oxidation sites excluding steroid dienone is 1. The Kier molecular flexibility index (Phi) is 4.29. The van der Waals surface area contributed by atoms with Crippen molar-refractivity contribution in [1.29, 1.82) is 5.41 Å². The Morgan fingerprint density at radius 1 is 1.35 bits per heavy atom. The van der Waals surface area contributed by atoms with E-state index in [9.17, 15) is 0 Å². The van der Waals surface area contributed by atoms with Crippen molar-refractivity contribution < 1.29 is 0 Å². The Labute approximate surface area is 101 Å². The molecule has 0 aliphatic rings. The van der Waals surface area contributed by atoms with Crippen molar-refractivity contribution in [3.05, 3.63) is 52.8 Å². The standard InChI is InChI=1S/C14H17N3/c1-11-6-4-5-7-12(2)17(3)14(8-11)13(9-15)10-16/h4-10,15H,1-2,16H2,3H3/b6-4?,7-5?,13-10+,14-8?,15-9?. The largest absolute Gasteiger partial charge is 0.404 e. The molecule has 88 valence electrons. The molecule has 17 heavy (non-hydrogen) atoms. The van der Waals surface area contributed by atoms with Gasteiger partial charge in [-0.15, -0.1) is 0 Å². The average Bonchev–Trinajstić information content (AvgIpc) is 2.37. The molecule has 0 aliphatic carbocycles. The SMILES string of the molecule is C=c1ccccc(=C)n(C)c(/C(C=N)=C/N)c1. The molecule has 0 fully saturated rings. The predicted octanol–water partition coefficient (Wildman–Crippen LogP) is 0.919. The van der Waals surface area contributed by atoms with Crippen molar-refractivity contribution in [2.45, 2.75) is 0 Å². The maximum Gasteiger partial charge on any atom is 0.0517 e. The normalized spacial score (nSPS) is 10.8. The van der Waals surface area contributed by atoms with Crippen LogP contribution in [0.4, 0.5) is 0 Å². The zero-order valence-electron chi connectivity index (χ0n) is 9.98. The summed E-state index contributed by atoms with van der Waals surface area (Å²) in [6, 6.07) is 9.45. The molecule has 1 rings (SSSR count). The molecule has 1 aromatic rings. The van der Waals surface area contributed by atoms with Crippen molar-refractivity contribution in [2.24, 2.45) is 12.8 Å². The second-order valence-corrected chi connectivity index (χ2v) is 3.64. The molecular weight excluding hydrogens is 210 g/mol. The first-order valence-corrected chi connectivity index (χ1v) is 5.21. The summed E-state index contributed by atoms with van der Waals surface area (Å²) >= 11 is 0. The summed E-state index contributed by atoms with van der Waals surface area (Å²) in [6.45, 7) is 7.88. The molecule has 0 unspecified atom stereocenters. The topological polar surface area (TPSA) is 54.8 Å². The summed E-state index contributed by atoms with van der Waals surface area (Å²) in [5, 5.41) is 9.02. The molecule has 0 spiro atoms. The fourth-order valence-electron chi connectivity index (χ4n) is 1.42. The van der Waals surface area contributed by atoms with Crippen molar-refractivity contribution >= 4 is 24.9 Å². The Hall–Kier alpha value is -2.29. The summed E-state index contributed by atoms with van der Waals surface area (Å²) in [7, 11) is 1.88. The molecule has 3 N–H and O–H groups in total. The van der Waals surface area contributed by atoms with Crippen LogP contribution in [-0.2, 0) is 7.05 Å². The fraction of sp³-hybridized carbons (Fsp3) is 0.0714. The molecule has 0 aliphatic heterocycles. The zero-order chi connectivity index (χ0) is 12.8. The van der Waals surface area contributed by atoms with E-state index in [2.05, 4.69) is 13.2 Å². The minimum atomic E-state index is 0.624. The molecule has 0 radical (unpaired) electrons. The summed E-state index contributed by atoms with van der Waals surface area (Å²) in [6.07, 6.45) is 2.62. The van der Waals surface area contributed by atoms with Crippen LogP contribution in [0.1, 0.15) is 5.69 Å². The molecule has 0 atom stereocenters. The van der Waals surface area contributed by atoms with Gasteiger partial charge in [-0.25, -0.2) is 0 Å². The molecule has 0 saturated carbocycles. The summed E-state index contributed by atoms with van der Waals surface area (Å²) in [5.41, 5.74) is 6.94. The smallest absolute Gasteiger partial charge is 0.0517 e. The van der Waals surface area contributed by atoms with Crippen LogP contribution in [0, 0.1) is 5.41 Å². The van der Waals surface area contributed by atoms with Gasteiger partial charge in [-0.2, -0.15) is 0 Å².